The zero-order valence-corrected chi connectivity index (χ0v) is 18.3. The number of rotatable bonds is 6. The van der Waals surface area contributed by atoms with Crippen LogP contribution in [0.1, 0.15) is 19.4 Å². The molecule has 0 aliphatic rings. The molecule has 0 aliphatic carbocycles. The number of carbonyl (C=O) groups is 1. The highest BCUT2D eigenvalue weighted by atomic mass is 32.2. The van der Waals surface area contributed by atoms with Gasteiger partial charge < -0.3 is 10.1 Å². The summed E-state index contributed by atoms with van der Waals surface area (Å²) in [6.07, 6.45) is -4.73. The maximum atomic E-state index is 13.0. The van der Waals surface area contributed by atoms with Crippen LogP contribution >= 0.6 is 0 Å². The number of halogens is 4. The van der Waals surface area contributed by atoms with Crippen LogP contribution in [0.2, 0.25) is 0 Å². The second-order valence-corrected chi connectivity index (χ2v) is 10.1. The number of benzene rings is 3. The minimum Gasteiger partial charge on any atom is -0.457 e. The Morgan fingerprint density at radius 3 is 1.97 bits per heavy atom. The molecule has 1 N–H and O–H groups in total. The fourth-order valence-electron chi connectivity index (χ4n) is 2.78. The number of ether oxygens (including phenoxy) is 1. The number of amides is 1. The molecule has 5 nitrogen and oxygen atoms in total. The molecule has 0 aliphatic heterocycles. The number of hydrogen-bond acceptors (Lipinski definition) is 4. The van der Waals surface area contributed by atoms with Crippen molar-refractivity contribution in [2.24, 2.45) is 0 Å². The van der Waals surface area contributed by atoms with Crippen molar-refractivity contribution < 1.29 is 35.5 Å². The molecule has 0 heterocycles. The van der Waals surface area contributed by atoms with Crippen LogP contribution in [-0.4, -0.2) is 19.1 Å². The summed E-state index contributed by atoms with van der Waals surface area (Å²) in [5.74, 6) is -0.563. The first-order valence-electron chi connectivity index (χ1n) is 9.57. The molecule has 0 atom stereocenters. The zero-order chi connectivity index (χ0) is 24.4. The number of hydrogen-bond donors (Lipinski definition) is 1. The molecule has 3 rings (SSSR count). The molecule has 33 heavy (non-hydrogen) atoms. The molecule has 0 saturated carbocycles. The predicted octanol–water partition coefficient (Wildman–Crippen LogP) is 5.83. The van der Waals surface area contributed by atoms with E-state index in [1.807, 2.05) is 0 Å². The molecule has 1 amide bonds. The highest BCUT2D eigenvalue weighted by molar-refractivity contribution is 7.93. The maximum absolute atomic E-state index is 13.0. The minimum atomic E-state index is -4.73. The van der Waals surface area contributed by atoms with Gasteiger partial charge in [0.2, 0.25) is 5.91 Å². The molecule has 10 heteroatoms. The van der Waals surface area contributed by atoms with Gasteiger partial charge in [0.15, 0.2) is 9.84 Å². The SMILES string of the molecule is CC(C)(C(=O)Nc1ccc(Oc2ccc(F)cc2)cc1)S(=O)(=O)c1cccc(C(F)(F)F)c1. The van der Waals surface area contributed by atoms with Crippen LogP contribution in [0, 0.1) is 5.82 Å². The second-order valence-electron chi connectivity index (χ2n) is 7.57. The molecule has 174 valence electrons. The lowest BCUT2D eigenvalue weighted by molar-refractivity contribution is -0.137. The Hall–Kier alpha value is -3.40. The molecular weight excluding hydrogens is 462 g/mol. The van der Waals surface area contributed by atoms with Gasteiger partial charge in [-0.2, -0.15) is 13.2 Å². The van der Waals surface area contributed by atoms with Gasteiger partial charge in [-0.25, -0.2) is 12.8 Å². The highest BCUT2D eigenvalue weighted by Crippen LogP contribution is 2.33. The van der Waals surface area contributed by atoms with Gasteiger partial charge in [0.1, 0.15) is 22.1 Å². The fraction of sp³-hybridized carbons (Fsp3) is 0.174. The van der Waals surface area contributed by atoms with Crippen molar-refractivity contribution in [2.45, 2.75) is 29.7 Å². The van der Waals surface area contributed by atoms with E-state index in [2.05, 4.69) is 5.32 Å². The summed E-state index contributed by atoms with van der Waals surface area (Å²) in [7, 11) is -4.46. The van der Waals surface area contributed by atoms with Crippen molar-refractivity contribution in [1.82, 2.24) is 0 Å². The molecule has 3 aromatic rings. The van der Waals surface area contributed by atoms with Crippen LogP contribution in [0.4, 0.5) is 23.2 Å². The summed E-state index contributed by atoms with van der Waals surface area (Å²) in [5, 5.41) is 2.46. The third-order valence-electron chi connectivity index (χ3n) is 4.85. The van der Waals surface area contributed by atoms with Crippen LogP contribution in [0.25, 0.3) is 0 Å². The van der Waals surface area contributed by atoms with Crippen molar-refractivity contribution in [3.8, 4) is 11.5 Å². The summed E-state index contributed by atoms with van der Waals surface area (Å²) in [6, 6.07) is 14.5. The van der Waals surface area contributed by atoms with Crippen molar-refractivity contribution in [3.05, 3.63) is 84.2 Å². The summed E-state index contributed by atoms with van der Waals surface area (Å²) >= 11 is 0. The van der Waals surface area contributed by atoms with E-state index in [0.29, 0.717) is 17.6 Å². The van der Waals surface area contributed by atoms with Crippen LogP contribution in [0.3, 0.4) is 0 Å². The van der Waals surface area contributed by atoms with E-state index in [9.17, 15) is 30.8 Å². The van der Waals surface area contributed by atoms with Crippen molar-refractivity contribution >= 4 is 21.4 Å². The molecule has 0 bridgehead atoms. The largest absolute Gasteiger partial charge is 0.457 e. The quantitative estimate of drug-likeness (QED) is 0.450. The van der Waals surface area contributed by atoms with Gasteiger partial charge in [-0.3, -0.25) is 4.79 Å². The Kier molecular flexibility index (Phi) is 6.51. The molecule has 3 aromatic carbocycles. The topological polar surface area (TPSA) is 72.5 Å². The summed E-state index contributed by atoms with van der Waals surface area (Å²) in [5.41, 5.74) is -0.879. The summed E-state index contributed by atoms with van der Waals surface area (Å²) in [6.45, 7) is 2.23. The lowest BCUT2D eigenvalue weighted by Crippen LogP contribution is -2.44. The van der Waals surface area contributed by atoms with Gasteiger partial charge in [0.05, 0.1) is 10.5 Å². The van der Waals surface area contributed by atoms with Gasteiger partial charge in [-0.15, -0.1) is 0 Å². The first-order valence-corrected chi connectivity index (χ1v) is 11.1. The number of anilines is 1. The van der Waals surface area contributed by atoms with Crippen molar-refractivity contribution in [2.75, 3.05) is 5.32 Å². The molecule has 0 saturated heterocycles. The minimum absolute atomic E-state index is 0.249. The van der Waals surface area contributed by atoms with Crippen LogP contribution in [0.5, 0.6) is 11.5 Å². The molecule has 0 aromatic heterocycles. The monoisotopic (exact) mass is 481 g/mol. The van der Waals surface area contributed by atoms with Crippen LogP contribution < -0.4 is 10.1 Å². The van der Waals surface area contributed by atoms with Crippen LogP contribution in [-0.2, 0) is 20.8 Å². The van der Waals surface area contributed by atoms with Gasteiger partial charge >= 0.3 is 6.18 Å². The zero-order valence-electron chi connectivity index (χ0n) is 17.5. The third-order valence-corrected chi connectivity index (χ3v) is 7.26. The molecule has 0 unspecified atom stereocenters. The number of sulfone groups is 1. The van der Waals surface area contributed by atoms with Gasteiger partial charge in [-0.1, -0.05) is 6.07 Å². The van der Waals surface area contributed by atoms with Gasteiger partial charge in [-0.05, 0) is 80.6 Å². The first-order chi connectivity index (χ1) is 15.3. The third kappa shape index (κ3) is 5.33. The second kappa shape index (κ2) is 8.86. The maximum Gasteiger partial charge on any atom is 0.416 e. The van der Waals surface area contributed by atoms with E-state index in [1.165, 1.54) is 48.5 Å². The predicted molar refractivity (Wildman–Crippen MR) is 114 cm³/mol. The van der Waals surface area contributed by atoms with Gasteiger partial charge in [0, 0.05) is 5.69 Å². The summed E-state index contributed by atoms with van der Waals surface area (Å²) in [4.78, 5) is 12.2. The average Bonchev–Trinajstić information content (AvgIpc) is 2.76. The van der Waals surface area contributed by atoms with E-state index in [1.54, 1.807) is 0 Å². The lowest BCUT2D eigenvalue weighted by atomic mass is 10.2. The average molecular weight is 481 g/mol. The lowest BCUT2D eigenvalue weighted by Gasteiger charge is -2.24. The molecule has 0 fully saturated rings. The highest BCUT2D eigenvalue weighted by Gasteiger charge is 2.43. The first kappa shape index (κ1) is 24.2. The number of carbonyl (C=O) groups excluding carboxylic acids is 1. The van der Waals surface area contributed by atoms with E-state index in [0.717, 1.165) is 32.0 Å². The van der Waals surface area contributed by atoms with Gasteiger partial charge in [0.25, 0.3) is 0 Å². The Morgan fingerprint density at radius 2 is 1.42 bits per heavy atom. The number of alkyl halides is 3. The normalized spacial score (nSPS) is 12.3. The van der Waals surface area contributed by atoms with E-state index in [4.69, 9.17) is 4.74 Å². The molecule has 0 spiro atoms. The molecular formula is C23H19F4NO4S. The Bertz CT molecular complexity index is 1250. The van der Waals surface area contributed by atoms with E-state index in [-0.39, 0.29) is 5.69 Å². The van der Waals surface area contributed by atoms with E-state index >= 15 is 0 Å². The van der Waals surface area contributed by atoms with Crippen molar-refractivity contribution in [3.63, 3.8) is 0 Å². The molecule has 0 radical (unpaired) electrons. The number of nitrogens with one attached hydrogen (secondary N) is 1. The smallest absolute Gasteiger partial charge is 0.416 e. The van der Waals surface area contributed by atoms with Crippen molar-refractivity contribution in [1.29, 1.82) is 0 Å². The Morgan fingerprint density at radius 1 is 0.879 bits per heavy atom. The standard InChI is InChI=1S/C23H19F4NO4S/c1-22(2,33(30,31)20-5-3-4-15(14-20)23(25,26)27)21(29)28-17-8-12-19(13-9-17)32-18-10-6-16(24)7-11-18/h3-14H,1-2H3,(H,28,29). The fourth-order valence-corrected chi connectivity index (χ4v) is 4.21. The van der Waals surface area contributed by atoms with E-state index < -0.39 is 42.9 Å². The summed E-state index contributed by atoms with van der Waals surface area (Å²) < 4.78 is 81.3. The Labute approximate surface area is 187 Å². The van der Waals surface area contributed by atoms with Crippen LogP contribution in [0.15, 0.2) is 77.7 Å². The Balaban J connectivity index is 1.76.